The fourth-order valence-corrected chi connectivity index (χ4v) is 1.61. The number of pyridine rings is 1. The molecule has 78 valence electrons. The molecule has 0 unspecified atom stereocenters. The van der Waals surface area contributed by atoms with Crippen molar-refractivity contribution in [3.63, 3.8) is 0 Å². The molecule has 0 fully saturated rings. The van der Waals surface area contributed by atoms with Gasteiger partial charge >= 0.3 is 0 Å². The van der Waals surface area contributed by atoms with Gasteiger partial charge in [0.25, 0.3) is 0 Å². The third kappa shape index (κ3) is 2.85. The summed E-state index contributed by atoms with van der Waals surface area (Å²) in [6, 6.07) is 3.01. The van der Waals surface area contributed by atoms with Crippen molar-refractivity contribution < 1.29 is 8.42 Å². The van der Waals surface area contributed by atoms with Crippen molar-refractivity contribution in [2.45, 2.75) is 19.1 Å². The molecule has 1 N–H and O–H groups in total. The predicted octanol–water partition coefficient (Wildman–Crippen LogP) is 1.89. The number of nitrogens with zero attached hydrogens (tertiary/aromatic N) is 1. The molecule has 0 bridgehead atoms. The number of hydrogen-bond donors (Lipinski definition) is 1. The van der Waals surface area contributed by atoms with Crippen molar-refractivity contribution in [2.24, 2.45) is 0 Å². The Bertz CT molecular complexity index is 417. The van der Waals surface area contributed by atoms with Gasteiger partial charge < -0.3 is 0 Å². The number of rotatable bonds is 3. The number of anilines is 1. The van der Waals surface area contributed by atoms with E-state index in [2.05, 4.69) is 9.71 Å². The Morgan fingerprint density at radius 3 is 2.64 bits per heavy atom. The summed E-state index contributed by atoms with van der Waals surface area (Å²) in [4.78, 5) is 3.75. The molecule has 0 spiro atoms. The van der Waals surface area contributed by atoms with Crippen LogP contribution in [0, 0.1) is 0 Å². The average molecular weight is 235 g/mol. The molecule has 6 heteroatoms. The van der Waals surface area contributed by atoms with Gasteiger partial charge in [0.2, 0.25) is 10.0 Å². The second-order valence-electron chi connectivity index (χ2n) is 3.06. The van der Waals surface area contributed by atoms with Crippen LogP contribution in [0.15, 0.2) is 18.3 Å². The van der Waals surface area contributed by atoms with E-state index in [1.807, 2.05) is 0 Å². The summed E-state index contributed by atoms with van der Waals surface area (Å²) >= 11 is 5.61. The fourth-order valence-electron chi connectivity index (χ4n) is 0.748. The van der Waals surface area contributed by atoms with E-state index in [-0.39, 0.29) is 5.15 Å². The first-order valence-corrected chi connectivity index (χ1v) is 5.97. The van der Waals surface area contributed by atoms with Gasteiger partial charge in [-0.15, -0.1) is 0 Å². The minimum absolute atomic E-state index is 0.258. The summed E-state index contributed by atoms with van der Waals surface area (Å²) in [5, 5.41) is -0.219. The van der Waals surface area contributed by atoms with Crippen LogP contribution in [0.3, 0.4) is 0 Å². The van der Waals surface area contributed by atoms with Crippen LogP contribution in [-0.2, 0) is 10.0 Å². The first kappa shape index (κ1) is 11.3. The van der Waals surface area contributed by atoms with Gasteiger partial charge in [0, 0.05) is 6.20 Å². The lowest BCUT2D eigenvalue weighted by Crippen LogP contribution is -2.22. The van der Waals surface area contributed by atoms with Gasteiger partial charge in [0.1, 0.15) is 5.15 Å². The van der Waals surface area contributed by atoms with Gasteiger partial charge in [-0.1, -0.05) is 11.6 Å². The maximum absolute atomic E-state index is 11.4. The standard InChI is InChI=1S/C8H11ClN2O2S/c1-6(2)14(12,13)11-7-3-4-10-8(9)5-7/h3-6H,1-2H3,(H,10,11). The van der Waals surface area contributed by atoms with Crippen LogP contribution in [0.1, 0.15) is 13.8 Å². The Morgan fingerprint density at radius 1 is 1.50 bits per heavy atom. The quantitative estimate of drug-likeness (QED) is 0.813. The van der Waals surface area contributed by atoms with E-state index in [9.17, 15) is 8.42 Å². The highest BCUT2D eigenvalue weighted by Gasteiger charge is 2.15. The normalized spacial score (nSPS) is 11.7. The van der Waals surface area contributed by atoms with Gasteiger partial charge in [0.15, 0.2) is 0 Å². The second-order valence-corrected chi connectivity index (χ2v) is 5.69. The third-order valence-corrected chi connectivity index (χ3v) is 3.58. The molecular weight excluding hydrogens is 224 g/mol. The third-order valence-electron chi connectivity index (χ3n) is 1.61. The molecule has 0 aliphatic heterocycles. The SMILES string of the molecule is CC(C)S(=O)(=O)Nc1ccnc(Cl)c1. The van der Waals surface area contributed by atoms with Crippen LogP contribution in [0.4, 0.5) is 5.69 Å². The molecule has 14 heavy (non-hydrogen) atoms. The summed E-state index contributed by atoms with van der Waals surface area (Å²) in [5.41, 5.74) is 0.429. The monoisotopic (exact) mass is 234 g/mol. The number of hydrogen-bond acceptors (Lipinski definition) is 3. The van der Waals surface area contributed by atoms with Gasteiger partial charge in [-0.25, -0.2) is 13.4 Å². The Balaban J connectivity index is 2.90. The Morgan fingerprint density at radius 2 is 2.14 bits per heavy atom. The zero-order valence-electron chi connectivity index (χ0n) is 7.86. The largest absolute Gasteiger partial charge is 0.283 e. The van der Waals surface area contributed by atoms with Crippen LogP contribution in [0.2, 0.25) is 5.15 Å². The zero-order chi connectivity index (χ0) is 10.8. The molecule has 0 atom stereocenters. The molecule has 0 aliphatic carbocycles. The summed E-state index contributed by atoms with van der Waals surface area (Å²) in [6.45, 7) is 3.20. The molecule has 1 aromatic rings. The summed E-state index contributed by atoms with van der Waals surface area (Å²) in [7, 11) is -3.30. The molecule has 1 heterocycles. The minimum atomic E-state index is -3.30. The Labute approximate surface area is 88.4 Å². The summed E-state index contributed by atoms with van der Waals surface area (Å²) in [5.74, 6) is 0. The first-order valence-electron chi connectivity index (χ1n) is 4.05. The smallest absolute Gasteiger partial charge is 0.235 e. The van der Waals surface area contributed by atoms with Gasteiger partial charge in [0.05, 0.1) is 10.9 Å². The molecule has 1 aromatic heterocycles. The van der Waals surface area contributed by atoms with E-state index in [0.717, 1.165) is 0 Å². The minimum Gasteiger partial charge on any atom is -0.283 e. The van der Waals surface area contributed by atoms with Crippen molar-refractivity contribution >= 4 is 27.3 Å². The molecule has 0 saturated heterocycles. The number of sulfonamides is 1. The summed E-state index contributed by atoms with van der Waals surface area (Å²) < 4.78 is 25.3. The van der Waals surface area contributed by atoms with Crippen molar-refractivity contribution in [1.82, 2.24) is 4.98 Å². The summed E-state index contributed by atoms with van der Waals surface area (Å²) in [6.07, 6.45) is 1.44. The van der Waals surface area contributed by atoms with Crippen molar-refractivity contribution in [3.05, 3.63) is 23.5 Å². The lowest BCUT2D eigenvalue weighted by atomic mass is 10.4. The van der Waals surface area contributed by atoms with Crippen LogP contribution in [0.25, 0.3) is 0 Å². The molecule has 4 nitrogen and oxygen atoms in total. The van der Waals surface area contributed by atoms with Crippen LogP contribution < -0.4 is 4.72 Å². The molecular formula is C8H11ClN2O2S. The predicted molar refractivity (Wildman–Crippen MR) is 56.9 cm³/mol. The zero-order valence-corrected chi connectivity index (χ0v) is 9.43. The topological polar surface area (TPSA) is 59.1 Å². The number of halogens is 1. The highest BCUT2D eigenvalue weighted by Crippen LogP contribution is 2.14. The van der Waals surface area contributed by atoms with Crippen LogP contribution in [0.5, 0.6) is 0 Å². The highest BCUT2D eigenvalue weighted by atomic mass is 35.5. The van der Waals surface area contributed by atoms with E-state index in [0.29, 0.717) is 5.69 Å². The van der Waals surface area contributed by atoms with Crippen molar-refractivity contribution in [2.75, 3.05) is 4.72 Å². The van der Waals surface area contributed by atoms with Gasteiger partial charge in [-0.2, -0.15) is 0 Å². The average Bonchev–Trinajstić information content (AvgIpc) is 2.02. The second kappa shape index (κ2) is 4.14. The van der Waals surface area contributed by atoms with Crippen molar-refractivity contribution in [1.29, 1.82) is 0 Å². The Hall–Kier alpha value is -0.810. The molecule has 0 aliphatic rings. The van der Waals surface area contributed by atoms with E-state index in [1.54, 1.807) is 19.9 Å². The van der Waals surface area contributed by atoms with Gasteiger partial charge in [-0.3, -0.25) is 4.72 Å². The fraction of sp³-hybridized carbons (Fsp3) is 0.375. The molecule has 0 saturated carbocycles. The number of aromatic nitrogens is 1. The van der Waals surface area contributed by atoms with E-state index in [1.165, 1.54) is 12.3 Å². The number of nitrogens with one attached hydrogen (secondary N) is 1. The molecule has 0 radical (unpaired) electrons. The lowest BCUT2D eigenvalue weighted by Gasteiger charge is -2.10. The van der Waals surface area contributed by atoms with E-state index in [4.69, 9.17) is 11.6 Å². The van der Waals surface area contributed by atoms with Crippen LogP contribution >= 0.6 is 11.6 Å². The molecule has 1 rings (SSSR count). The molecule has 0 aromatic carbocycles. The van der Waals surface area contributed by atoms with E-state index >= 15 is 0 Å². The first-order chi connectivity index (χ1) is 6.42. The van der Waals surface area contributed by atoms with Crippen molar-refractivity contribution in [3.8, 4) is 0 Å². The maximum Gasteiger partial charge on any atom is 0.235 e. The van der Waals surface area contributed by atoms with E-state index < -0.39 is 15.3 Å². The van der Waals surface area contributed by atoms with Gasteiger partial charge in [-0.05, 0) is 26.0 Å². The van der Waals surface area contributed by atoms with Crippen LogP contribution in [-0.4, -0.2) is 18.7 Å². The molecule has 0 amide bonds. The maximum atomic E-state index is 11.4. The Kier molecular flexibility index (Phi) is 3.34. The lowest BCUT2D eigenvalue weighted by molar-refractivity contribution is 0.593. The highest BCUT2D eigenvalue weighted by molar-refractivity contribution is 7.93.